The van der Waals surface area contributed by atoms with Gasteiger partial charge in [-0.2, -0.15) is 0 Å². The minimum absolute atomic E-state index is 0.0210. The predicted octanol–water partition coefficient (Wildman–Crippen LogP) is 3.70. The molecular weight excluding hydrogens is 395 g/mol. The number of nitrogens with zero attached hydrogens (tertiary/aromatic N) is 2. The highest BCUT2D eigenvalue weighted by atomic mass is 35.5. The van der Waals surface area contributed by atoms with Crippen molar-refractivity contribution in [3.63, 3.8) is 0 Å². The van der Waals surface area contributed by atoms with E-state index >= 15 is 0 Å². The molecule has 1 saturated heterocycles. The van der Waals surface area contributed by atoms with Gasteiger partial charge in [-0.3, -0.25) is 9.69 Å². The molecule has 0 aromatic heterocycles. The fraction of sp³-hybridized carbons (Fsp3) is 0.318. The van der Waals surface area contributed by atoms with Gasteiger partial charge in [-0.15, -0.1) is 0 Å². The highest BCUT2D eigenvalue weighted by Gasteiger charge is 2.33. The van der Waals surface area contributed by atoms with E-state index in [1.54, 1.807) is 41.3 Å². The number of ketones is 1. The van der Waals surface area contributed by atoms with Crippen LogP contribution in [0, 0.1) is 5.82 Å². The van der Waals surface area contributed by atoms with Crippen molar-refractivity contribution in [3.05, 3.63) is 70.6 Å². The summed E-state index contributed by atoms with van der Waals surface area (Å²) in [4.78, 5) is 27.5. The van der Waals surface area contributed by atoms with Crippen LogP contribution in [0.15, 0.2) is 54.2 Å². The van der Waals surface area contributed by atoms with Crippen molar-refractivity contribution in [1.82, 2.24) is 9.80 Å². The molecule has 5 nitrogen and oxygen atoms in total. The first kappa shape index (κ1) is 21.1. The van der Waals surface area contributed by atoms with Gasteiger partial charge in [-0.25, -0.2) is 9.18 Å². The van der Waals surface area contributed by atoms with Crippen molar-refractivity contribution in [2.45, 2.75) is 25.9 Å². The van der Waals surface area contributed by atoms with Crippen LogP contribution in [0.3, 0.4) is 0 Å². The molecule has 2 aromatic carbocycles. The molecule has 0 radical (unpaired) electrons. The molecule has 0 bridgehead atoms. The van der Waals surface area contributed by atoms with Crippen LogP contribution in [-0.2, 0) is 16.1 Å². The molecule has 29 heavy (non-hydrogen) atoms. The van der Waals surface area contributed by atoms with Crippen molar-refractivity contribution in [2.75, 3.05) is 19.8 Å². The Morgan fingerprint density at radius 2 is 1.86 bits per heavy atom. The molecule has 1 fully saturated rings. The van der Waals surface area contributed by atoms with E-state index in [4.69, 9.17) is 16.3 Å². The van der Waals surface area contributed by atoms with Gasteiger partial charge in [0.2, 0.25) is 0 Å². The molecule has 0 saturated carbocycles. The summed E-state index contributed by atoms with van der Waals surface area (Å²) in [6.45, 7) is 3.36. The highest BCUT2D eigenvalue weighted by molar-refractivity contribution is 6.30. The van der Waals surface area contributed by atoms with Crippen LogP contribution < -0.4 is 4.74 Å². The summed E-state index contributed by atoms with van der Waals surface area (Å²) in [6, 6.07) is 12.8. The van der Waals surface area contributed by atoms with Crippen molar-refractivity contribution < 1.29 is 18.7 Å². The lowest BCUT2D eigenvalue weighted by Gasteiger charge is -2.42. The largest absolute Gasteiger partial charge is 0.473 e. The second-order valence-electron chi connectivity index (χ2n) is 7.00. The normalized spacial score (nSPS) is 17.1. The molecular formula is C22H22ClFN2O3. The molecule has 3 rings (SSSR count). The number of Topliss-reactive ketones (excluding diaryl/α,β-unsaturated/α-hetero) is 1. The fourth-order valence-electron chi connectivity index (χ4n) is 3.37. The van der Waals surface area contributed by atoms with E-state index in [2.05, 4.69) is 0 Å². The number of piperazine rings is 1. The zero-order chi connectivity index (χ0) is 20.8. The smallest absolute Gasteiger partial charge is 0.161 e. The van der Waals surface area contributed by atoms with Crippen LogP contribution in [0.2, 0.25) is 5.02 Å². The van der Waals surface area contributed by atoms with Gasteiger partial charge in [0.1, 0.15) is 29.0 Å². The average Bonchev–Trinajstić information content (AvgIpc) is 2.70. The second-order valence-corrected chi connectivity index (χ2v) is 7.43. The maximum absolute atomic E-state index is 13.2. The first-order valence-corrected chi connectivity index (χ1v) is 9.70. The summed E-state index contributed by atoms with van der Waals surface area (Å²) in [5.41, 5.74) is 1.30. The Balaban J connectivity index is 1.73. The third kappa shape index (κ3) is 5.67. The van der Waals surface area contributed by atoms with Gasteiger partial charge in [0.25, 0.3) is 0 Å². The van der Waals surface area contributed by atoms with E-state index in [1.165, 1.54) is 19.1 Å². The van der Waals surface area contributed by atoms with Gasteiger partial charge in [-0.1, -0.05) is 23.7 Å². The Morgan fingerprint density at radius 1 is 1.17 bits per heavy atom. The van der Waals surface area contributed by atoms with Crippen LogP contribution in [0.1, 0.15) is 18.9 Å². The van der Waals surface area contributed by atoms with E-state index in [-0.39, 0.29) is 24.8 Å². The molecule has 7 heteroatoms. The minimum Gasteiger partial charge on any atom is -0.473 e. The van der Waals surface area contributed by atoms with Crippen molar-refractivity contribution in [2.24, 2.45) is 0 Å². The molecule has 1 aliphatic rings. The zero-order valence-electron chi connectivity index (χ0n) is 16.1. The van der Waals surface area contributed by atoms with Crippen molar-refractivity contribution >= 4 is 23.3 Å². The number of benzene rings is 2. The first-order chi connectivity index (χ1) is 14.0. The second kappa shape index (κ2) is 9.70. The maximum Gasteiger partial charge on any atom is 0.161 e. The lowest BCUT2D eigenvalue weighted by Crippen LogP contribution is -2.52. The molecule has 1 atom stereocenters. The van der Waals surface area contributed by atoms with Gasteiger partial charge in [-0.05, 0) is 48.9 Å². The molecule has 0 amide bonds. The molecule has 0 aliphatic carbocycles. The van der Waals surface area contributed by atoms with Crippen LogP contribution in [0.4, 0.5) is 4.39 Å². The minimum atomic E-state index is -0.405. The molecule has 0 spiro atoms. The lowest BCUT2D eigenvalue weighted by atomic mass is 10.0. The number of rotatable bonds is 7. The Kier molecular flexibility index (Phi) is 7.04. The Bertz CT molecular complexity index is 895. The number of carbonyl (C=O) groups excluding carboxylic acids is 2. The van der Waals surface area contributed by atoms with Crippen molar-refractivity contribution in [1.29, 1.82) is 0 Å². The number of hydrogen-bond acceptors (Lipinski definition) is 5. The summed E-state index contributed by atoms with van der Waals surface area (Å²) >= 11 is 5.89. The van der Waals surface area contributed by atoms with Gasteiger partial charge in [0, 0.05) is 31.1 Å². The Morgan fingerprint density at radius 3 is 2.48 bits per heavy atom. The summed E-state index contributed by atoms with van der Waals surface area (Å²) in [6.07, 6.45) is 0.198. The van der Waals surface area contributed by atoms with Gasteiger partial charge < -0.3 is 9.64 Å². The third-order valence-corrected chi connectivity index (χ3v) is 5.09. The maximum atomic E-state index is 13.2. The predicted molar refractivity (Wildman–Crippen MR) is 109 cm³/mol. The van der Waals surface area contributed by atoms with E-state index in [1.807, 2.05) is 10.8 Å². The molecule has 1 heterocycles. The topological polar surface area (TPSA) is 49.9 Å². The van der Waals surface area contributed by atoms with Crippen molar-refractivity contribution in [3.8, 4) is 5.75 Å². The zero-order valence-corrected chi connectivity index (χ0v) is 16.9. The molecule has 1 aliphatic heterocycles. The van der Waals surface area contributed by atoms with Gasteiger partial charge in [0.15, 0.2) is 6.73 Å². The first-order valence-electron chi connectivity index (χ1n) is 9.32. The van der Waals surface area contributed by atoms with E-state index in [9.17, 15) is 14.0 Å². The Hall–Kier alpha value is -2.66. The third-order valence-electron chi connectivity index (χ3n) is 4.84. The number of hydrogen-bond donors (Lipinski definition) is 0. The van der Waals surface area contributed by atoms with Crippen LogP contribution in [0.25, 0.3) is 0 Å². The fourth-order valence-corrected chi connectivity index (χ4v) is 3.50. The van der Waals surface area contributed by atoms with Crippen LogP contribution in [0.5, 0.6) is 5.75 Å². The quantitative estimate of drug-likeness (QED) is 0.644. The van der Waals surface area contributed by atoms with E-state index < -0.39 is 6.04 Å². The van der Waals surface area contributed by atoms with E-state index in [0.29, 0.717) is 36.1 Å². The number of carbonyl (C=O) groups is 1. The molecule has 152 valence electrons. The summed E-state index contributed by atoms with van der Waals surface area (Å²) < 4.78 is 19.0. The SMILES string of the molecule is CC(=O)CC1C(=C=O)N(COc2ccc(Cl)cc2)CCN1Cc1ccc(F)cc1. The van der Waals surface area contributed by atoms with Crippen LogP contribution in [-0.4, -0.2) is 47.4 Å². The molecule has 2 aromatic rings. The Labute approximate surface area is 174 Å². The van der Waals surface area contributed by atoms with Crippen LogP contribution >= 0.6 is 11.6 Å². The standard InChI is InChI=1S/C22H22ClFN2O3/c1-16(28)12-21-22(14-27)26(15-29-20-8-4-18(23)5-9-20)11-10-25(21)13-17-2-6-19(24)7-3-17/h2-9,21H,10-13,15H2,1H3. The van der Waals surface area contributed by atoms with Gasteiger partial charge >= 0.3 is 0 Å². The monoisotopic (exact) mass is 416 g/mol. The average molecular weight is 417 g/mol. The molecule has 0 N–H and O–H groups in total. The van der Waals surface area contributed by atoms with E-state index in [0.717, 1.165) is 5.56 Å². The lowest BCUT2D eigenvalue weighted by molar-refractivity contribution is -0.118. The summed E-state index contributed by atoms with van der Waals surface area (Å²) in [7, 11) is 0. The number of halogens is 2. The highest BCUT2D eigenvalue weighted by Crippen LogP contribution is 2.25. The summed E-state index contributed by atoms with van der Waals surface area (Å²) in [5, 5.41) is 0.613. The molecule has 1 unspecified atom stereocenters. The van der Waals surface area contributed by atoms with Gasteiger partial charge in [0.05, 0.1) is 6.04 Å². The summed E-state index contributed by atoms with van der Waals surface area (Å²) in [5.74, 6) is 2.33. The number of ether oxygens (including phenoxy) is 1.